The maximum Gasteiger partial charge on any atom is 0.410 e. The van der Waals surface area contributed by atoms with E-state index in [1.807, 2.05) is 25.7 Å². The van der Waals surface area contributed by atoms with Crippen LogP contribution in [0.1, 0.15) is 47.0 Å². The Morgan fingerprint density at radius 3 is 2.36 bits per heavy atom. The van der Waals surface area contributed by atoms with Crippen LogP contribution in [0.4, 0.5) is 20.6 Å². The Labute approximate surface area is 194 Å². The van der Waals surface area contributed by atoms with Gasteiger partial charge in [-0.05, 0) is 64.8 Å². The molecular formula is C23H36FN5O4. The normalized spacial score (nSPS) is 15.1. The van der Waals surface area contributed by atoms with E-state index in [1.54, 1.807) is 17.0 Å². The summed E-state index contributed by atoms with van der Waals surface area (Å²) in [6, 6.07) is 3.78. The van der Waals surface area contributed by atoms with Crippen molar-refractivity contribution in [2.75, 3.05) is 42.9 Å². The number of amides is 3. The van der Waals surface area contributed by atoms with Gasteiger partial charge in [0.25, 0.3) is 0 Å². The van der Waals surface area contributed by atoms with Crippen molar-refractivity contribution in [2.45, 2.75) is 58.6 Å². The highest BCUT2D eigenvalue weighted by Crippen LogP contribution is 2.25. The lowest BCUT2D eigenvalue weighted by Crippen LogP contribution is -2.50. The molecule has 1 heterocycles. The van der Waals surface area contributed by atoms with Crippen LogP contribution in [-0.2, 0) is 14.3 Å². The first-order valence-electron chi connectivity index (χ1n) is 11.3. The van der Waals surface area contributed by atoms with Gasteiger partial charge in [-0.1, -0.05) is 0 Å². The van der Waals surface area contributed by atoms with Gasteiger partial charge < -0.3 is 30.9 Å². The zero-order valence-corrected chi connectivity index (χ0v) is 19.9. The van der Waals surface area contributed by atoms with Crippen molar-refractivity contribution in [3.63, 3.8) is 0 Å². The molecular weight excluding hydrogens is 429 g/mol. The number of halogens is 1. The number of benzene rings is 1. The molecule has 0 unspecified atom stereocenters. The van der Waals surface area contributed by atoms with Crippen LogP contribution in [0.3, 0.4) is 0 Å². The predicted octanol–water partition coefficient (Wildman–Crippen LogP) is 2.46. The van der Waals surface area contributed by atoms with E-state index in [9.17, 15) is 18.8 Å². The average molecular weight is 466 g/mol. The number of nitrogens with two attached hydrogens (primary N) is 1. The number of ether oxygens (including phenoxy) is 1. The van der Waals surface area contributed by atoms with Crippen LogP contribution in [0, 0.1) is 5.82 Å². The molecule has 0 bridgehead atoms. The van der Waals surface area contributed by atoms with Crippen LogP contribution in [0.5, 0.6) is 0 Å². The molecule has 1 aromatic rings. The maximum absolute atomic E-state index is 14.8. The van der Waals surface area contributed by atoms with E-state index in [4.69, 9.17) is 10.5 Å². The van der Waals surface area contributed by atoms with Crippen molar-refractivity contribution in [3.05, 3.63) is 24.0 Å². The number of carbonyl (C=O) groups is 3. The summed E-state index contributed by atoms with van der Waals surface area (Å²) in [5.74, 6) is -1.19. The van der Waals surface area contributed by atoms with Crippen molar-refractivity contribution in [1.29, 1.82) is 0 Å². The van der Waals surface area contributed by atoms with Gasteiger partial charge in [-0.2, -0.15) is 0 Å². The summed E-state index contributed by atoms with van der Waals surface area (Å²) >= 11 is 0. The monoisotopic (exact) mass is 465 g/mol. The molecule has 3 amide bonds. The molecule has 10 heteroatoms. The number of rotatable bonds is 8. The highest BCUT2D eigenvalue weighted by Gasteiger charge is 2.27. The van der Waals surface area contributed by atoms with Crippen molar-refractivity contribution in [2.24, 2.45) is 5.73 Å². The van der Waals surface area contributed by atoms with Gasteiger partial charge >= 0.3 is 6.09 Å². The molecule has 1 aliphatic rings. The third-order valence-electron chi connectivity index (χ3n) is 5.13. The van der Waals surface area contributed by atoms with Crippen LogP contribution in [0.25, 0.3) is 0 Å². The van der Waals surface area contributed by atoms with Gasteiger partial charge in [-0.15, -0.1) is 0 Å². The second-order valence-electron chi connectivity index (χ2n) is 9.15. The lowest BCUT2D eigenvalue weighted by molar-refractivity contribution is -0.125. The molecule has 0 saturated carbocycles. The number of hydrogen-bond acceptors (Lipinski definition) is 6. The zero-order chi connectivity index (χ0) is 24.6. The van der Waals surface area contributed by atoms with E-state index < -0.39 is 23.4 Å². The minimum Gasteiger partial charge on any atom is -0.444 e. The fourth-order valence-corrected chi connectivity index (χ4v) is 3.53. The topological polar surface area (TPSA) is 117 Å². The van der Waals surface area contributed by atoms with Gasteiger partial charge in [0.05, 0.1) is 5.69 Å². The SMILES string of the molecule is CC(=O)N[C@@H](CCCCN)C(=O)Nc1ccc(N2CCN(C(=O)OC(C)(C)C)CC2)c(F)c1. The van der Waals surface area contributed by atoms with Gasteiger partial charge in [0.15, 0.2) is 0 Å². The van der Waals surface area contributed by atoms with Gasteiger partial charge in [0.1, 0.15) is 17.5 Å². The Bertz CT molecular complexity index is 835. The van der Waals surface area contributed by atoms with Crippen molar-refractivity contribution < 1.29 is 23.5 Å². The summed E-state index contributed by atoms with van der Waals surface area (Å²) in [6.45, 7) is 9.08. The van der Waals surface area contributed by atoms with E-state index in [0.29, 0.717) is 56.9 Å². The summed E-state index contributed by atoms with van der Waals surface area (Å²) in [5.41, 5.74) is 5.64. The van der Waals surface area contributed by atoms with E-state index in [0.717, 1.165) is 6.42 Å². The highest BCUT2D eigenvalue weighted by molar-refractivity contribution is 5.97. The fourth-order valence-electron chi connectivity index (χ4n) is 3.53. The number of piperazine rings is 1. The summed E-state index contributed by atoms with van der Waals surface area (Å²) in [6.07, 6.45) is 1.51. The summed E-state index contributed by atoms with van der Waals surface area (Å²) < 4.78 is 20.2. The second-order valence-corrected chi connectivity index (χ2v) is 9.15. The van der Waals surface area contributed by atoms with E-state index >= 15 is 0 Å². The molecule has 2 rings (SSSR count). The zero-order valence-electron chi connectivity index (χ0n) is 19.9. The Kier molecular flexibility index (Phi) is 9.45. The van der Waals surface area contributed by atoms with Gasteiger partial charge in [-0.3, -0.25) is 9.59 Å². The Balaban J connectivity index is 1.97. The van der Waals surface area contributed by atoms with E-state index in [-0.39, 0.29) is 12.0 Å². The quantitative estimate of drug-likeness (QED) is 0.508. The Morgan fingerprint density at radius 1 is 1.15 bits per heavy atom. The van der Waals surface area contributed by atoms with Crippen LogP contribution in [-0.4, -0.2) is 67.2 Å². The standard InChI is InChI=1S/C23H36FN5O4/c1-16(30)26-19(7-5-6-10-25)21(31)27-17-8-9-20(18(24)15-17)28-11-13-29(14-12-28)22(32)33-23(2,3)4/h8-9,15,19H,5-7,10-14,25H2,1-4H3,(H,26,30)(H,27,31)/t19-/m0/s1. The molecule has 184 valence electrons. The third-order valence-corrected chi connectivity index (χ3v) is 5.13. The first-order chi connectivity index (χ1) is 15.5. The fraction of sp³-hybridized carbons (Fsp3) is 0.609. The van der Waals surface area contributed by atoms with Crippen LogP contribution < -0.4 is 21.3 Å². The molecule has 0 spiro atoms. The number of nitrogens with zero attached hydrogens (tertiary/aromatic N) is 2. The van der Waals surface area contributed by atoms with Gasteiger partial charge in [0, 0.05) is 38.8 Å². The third kappa shape index (κ3) is 8.53. The number of unbranched alkanes of at least 4 members (excludes halogenated alkanes) is 1. The number of hydrogen-bond donors (Lipinski definition) is 3. The minimum atomic E-state index is -0.710. The first kappa shape index (κ1) is 26.4. The summed E-state index contributed by atoms with van der Waals surface area (Å²) in [5, 5.41) is 5.30. The van der Waals surface area contributed by atoms with Gasteiger partial charge in [-0.25, -0.2) is 9.18 Å². The number of anilines is 2. The van der Waals surface area contributed by atoms with E-state index in [1.165, 1.54) is 13.0 Å². The molecule has 1 saturated heterocycles. The number of carbonyl (C=O) groups excluding carboxylic acids is 3. The van der Waals surface area contributed by atoms with Gasteiger partial charge in [0.2, 0.25) is 11.8 Å². The number of nitrogens with one attached hydrogen (secondary N) is 2. The molecule has 1 aliphatic heterocycles. The summed E-state index contributed by atoms with van der Waals surface area (Å²) in [7, 11) is 0. The molecule has 9 nitrogen and oxygen atoms in total. The molecule has 0 radical (unpaired) electrons. The Hall–Kier alpha value is -2.88. The molecule has 1 aromatic carbocycles. The van der Waals surface area contributed by atoms with Crippen LogP contribution in [0.15, 0.2) is 18.2 Å². The second kappa shape index (κ2) is 11.8. The molecule has 0 aliphatic carbocycles. The van der Waals surface area contributed by atoms with Crippen molar-refractivity contribution in [1.82, 2.24) is 10.2 Å². The average Bonchev–Trinajstić information content (AvgIpc) is 2.72. The van der Waals surface area contributed by atoms with E-state index in [2.05, 4.69) is 10.6 Å². The highest BCUT2D eigenvalue weighted by atomic mass is 19.1. The van der Waals surface area contributed by atoms with Crippen molar-refractivity contribution in [3.8, 4) is 0 Å². The lowest BCUT2D eigenvalue weighted by atomic mass is 10.1. The maximum atomic E-state index is 14.8. The predicted molar refractivity (Wildman–Crippen MR) is 126 cm³/mol. The molecule has 1 atom stereocenters. The minimum absolute atomic E-state index is 0.308. The first-order valence-corrected chi connectivity index (χ1v) is 11.3. The lowest BCUT2D eigenvalue weighted by Gasteiger charge is -2.36. The summed E-state index contributed by atoms with van der Waals surface area (Å²) in [4.78, 5) is 39.7. The molecule has 33 heavy (non-hydrogen) atoms. The molecule has 0 aromatic heterocycles. The molecule has 1 fully saturated rings. The van der Waals surface area contributed by atoms with Crippen LogP contribution >= 0.6 is 0 Å². The largest absolute Gasteiger partial charge is 0.444 e. The smallest absolute Gasteiger partial charge is 0.410 e. The molecule has 4 N–H and O–H groups in total. The van der Waals surface area contributed by atoms with Crippen molar-refractivity contribution >= 4 is 29.3 Å². The Morgan fingerprint density at radius 2 is 1.82 bits per heavy atom. The van der Waals surface area contributed by atoms with Crippen LogP contribution in [0.2, 0.25) is 0 Å².